The Bertz CT molecular complexity index is 1500. The third kappa shape index (κ3) is 3.49. The van der Waals surface area contributed by atoms with E-state index >= 15 is 0 Å². The van der Waals surface area contributed by atoms with Crippen LogP contribution < -0.4 is 4.74 Å². The average molecular weight is 466 g/mol. The maximum absolute atomic E-state index is 13.4. The molecule has 6 nitrogen and oxygen atoms in total. The van der Waals surface area contributed by atoms with E-state index in [1.807, 2.05) is 55.5 Å². The Morgan fingerprint density at radius 1 is 1.03 bits per heavy atom. The minimum Gasteiger partial charge on any atom is -0.507 e. The van der Waals surface area contributed by atoms with Crippen molar-refractivity contribution in [1.29, 1.82) is 0 Å². The number of aliphatic hydroxyl groups excluding tert-OH is 1. The molecule has 2 aliphatic rings. The van der Waals surface area contributed by atoms with Crippen LogP contribution in [0.25, 0.3) is 16.5 Å². The second-order valence-corrected chi connectivity index (χ2v) is 9.03. The smallest absolute Gasteiger partial charge is 0.296 e. The molecule has 0 aliphatic carbocycles. The van der Waals surface area contributed by atoms with Gasteiger partial charge in [0, 0.05) is 12.0 Å². The zero-order valence-corrected chi connectivity index (χ0v) is 19.1. The molecule has 35 heavy (non-hydrogen) atoms. The van der Waals surface area contributed by atoms with Gasteiger partial charge in [0.05, 0.1) is 24.4 Å². The number of hydrogen-bond donors (Lipinski definition) is 1. The van der Waals surface area contributed by atoms with E-state index in [9.17, 15) is 14.7 Å². The number of amides is 1. The van der Waals surface area contributed by atoms with Gasteiger partial charge >= 0.3 is 0 Å². The molecule has 3 aromatic carbocycles. The summed E-state index contributed by atoms with van der Waals surface area (Å²) in [6.07, 6.45) is 2.31. The van der Waals surface area contributed by atoms with Crippen molar-refractivity contribution < 1.29 is 23.8 Å². The first-order chi connectivity index (χ1) is 17.0. The summed E-state index contributed by atoms with van der Waals surface area (Å²) in [7, 11) is 0. The highest BCUT2D eigenvalue weighted by molar-refractivity contribution is 6.46. The maximum atomic E-state index is 13.4. The van der Waals surface area contributed by atoms with Crippen LogP contribution in [0.4, 0.5) is 0 Å². The fourth-order valence-corrected chi connectivity index (χ4v) is 5.15. The van der Waals surface area contributed by atoms with Gasteiger partial charge in [-0.05, 0) is 59.2 Å². The van der Waals surface area contributed by atoms with Crippen molar-refractivity contribution in [3.63, 3.8) is 0 Å². The van der Waals surface area contributed by atoms with Crippen molar-refractivity contribution in [2.75, 3.05) is 0 Å². The second kappa shape index (κ2) is 8.17. The summed E-state index contributed by atoms with van der Waals surface area (Å²) in [4.78, 5) is 28.2. The highest BCUT2D eigenvalue weighted by Crippen LogP contribution is 2.43. The molecule has 1 saturated heterocycles. The van der Waals surface area contributed by atoms with Crippen LogP contribution in [0.1, 0.15) is 35.4 Å². The van der Waals surface area contributed by atoms with Crippen molar-refractivity contribution >= 4 is 28.2 Å². The molecule has 6 rings (SSSR count). The van der Waals surface area contributed by atoms with Crippen LogP contribution in [0.2, 0.25) is 0 Å². The molecule has 4 aromatic rings. The van der Waals surface area contributed by atoms with E-state index in [1.54, 1.807) is 24.3 Å². The molecule has 1 aromatic heterocycles. The molecule has 1 amide bonds. The minimum atomic E-state index is -0.769. The second-order valence-electron chi connectivity index (χ2n) is 9.03. The highest BCUT2D eigenvalue weighted by Gasteiger charge is 2.47. The van der Waals surface area contributed by atoms with Crippen LogP contribution in [0.3, 0.4) is 0 Å². The lowest BCUT2D eigenvalue weighted by Crippen LogP contribution is -2.29. The molecular weight excluding hydrogens is 442 g/mol. The highest BCUT2D eigenvalue weighted by atomic mass is 16.5. The van der Waals surface area contributed by atoms with Crippen molar-refractivity contribution in [3.8, 4) is 5.75 Å². The van der Waals surface area contributed by atoms with E-state index < -0.39 is 17.7 Å². The number of nitrogens with zero attached hydrogens (tertiary/aromatic N) is 1. The zero-order chi connectivity index (χ0) is 24.1. The topological polar surface area (TPSA) is 80.0 Å². The third-order valence-corrected chi connectivity index (χ3v) is 6.73. The van der Waals surface area contributed by atoms with E-state index in [1.165, 1.54) is 11.2 Å². The van der Waals surface area contributed by atoms with E-state index in [2.05, 4.69) is 0 Å². The number of aliphatic hydroxyl groups is 1. The molecule has 174 valence electrons. The molecule has 1 N–H and O–H groups in total. The number of carbonyl (C=O) groups is 2. The fraction of sp³-hybridized carbons (Fsp3) is 0.172. The van der Waals surface area contributed by atoms with Gasteiger partial charge in [-0.15, -0.1) is 0 Å². The number of ether oxygens (including phenoxy) is 1. The molecule has 0 saturated carbocycles. The van der Waals surface area contributed by atoms with Gasteiger partial charge in [-0.2, -0.15) is 0 Å². The Labute approximate surface area is 202 Å². The van der Waals surface area contributed by atoms with Crippen LogP contribution >= 0.6 is 0 Å². The fourth-order valence-electron chi connectivity index (χ4n) is 5.15. The van der Waals surface area contributed by atoms with Crippen LogP contribution in [-0.4, -0.2) is 27.8 Å². The van der Waals surface area contributed by atoms with Crippen LogP contribution in [0, 0.1) is 0 Å². The summed E-state index contributed by atoms with van der Waals surface area (Å²) >= 11 is 0. The van der Waals surface area contributed by atoms with E-state index in [0.717, 1.165) is 34.1 Å². The van der Waals surface area contributed by atoms with Gasteiger partial charge in [0.15, 0.2) is 0 Å². The number of likely N-dealkylation sites (tertiary alicyclic amines) is 1. The Balaban J connectivity index is 1.55. The Morgan fingerprint density at radius 2 is 1.86 bits per heavy atom. The molecule has 0 unspecified atom stereocenters. The van der Waals surface area contributed by atoms with Crippen LogP contribution in [-0.2, 0) is 22.6 Å². The SMILES string of the molecule is C[C@@H]1Cc2cc(C(O)=C3C(=O)C(=O)N(Cc4ccco4)[C@@H]3c3cccc4ccccc34)ccc2O1. The lowest BCUT2D eigenvalue weighted by atomic mass is 9.91. The summed E-state index contributed by atoms with van der Waals surface area (Å²) in [6.45, 7) is 2.10. The van der Waals surface area contributed by atoms with Crippen molar-refractivity contribution in [3.05, 3.63) is 107 Å². The van der Waals surface area contributed by atoms with Gasteiger partial charge in [0.1, 0.15) is 23.4 Å². The summed E-state index contributed by atoms with van der Waals surface area (Å²) in [5.74, 6) is -0.236. The Morgan fingerprint density at radius 3 is 2.69 bits per heavy atom. The number of ketones is 1. The predicted octanol–water partition coefficient (Wildman–Crippen LogP) is 5.38. The number of carbonyl (C=O) groups excluding carboxylic acids is 2. The first kappa shape index (κ1) is 21.2. The first-order valence-corrected chi connectivity index (χ1v) is 11.6. The van der Waals surface area contributed by atoms with Crippen molar-refractivity contribution in [2.24, 2.45) is 0 Å². The van der Waals surface area contributed by atoms with E-state index in [4.69, 9.17) is 9.15 Å². The third-order valence-electron chi connectivity index (χ3n) is 6.73. The summed E-state index contributed by atoms with van der Waals surface area (Å²) in [5.41, 5.74) is 2.30. The summed E-state index contributed by atoms with van der Waals surface area (Å²) < 4.78 is 11.3. The lowest BCUT2D eigenvalue weighted by Gasteiger charge is -2.25. The molecule has 0 spiro atoms. The predicted molar refractivity (Wildman–Crippen MR) is 131 cm³/mol. The molecule has 1 fully saturated rings. The largest absolute Gasteiger partial charge is 0.507 e. The van der Waals surface area contributed by atoms with Crippen LogP contribution in [0.5, 0.6) is 5.75 Å². The molecular formula is C29H23NO5. The Hall–Kier alpha value is -4.32. The van der Waals surface area contributed by atoms with E-state index in [0.29, 0.717) is 11.3 Å². The van der Waals surface area contributed by atoms with Crippen molar-refractivity contribution in [2.45, 2.75) is 32.0 Å². The monoisotopic (exact) mass is 465 g/mol. The van der Waals surface area contributed by atoms with Crippen molar-refractivity contribution in [1.82, 2.24) is 4.90 Å². The molecule has 2 atom stereocenters. The molecule has 3 heterocycles. The molecule has 0 bridgehead atoms. The number of rotatable bonds is 4. The van der Waals surface area contributed by atoms with Crippen LogP contribution in [0.15, 0.2) is 89.0 Å². The standard InChI is InChI=1S/C29H23NO5/c1-17-14-20-15-19(11-12-24(20)35-17)27(31)25-26(23-10-4-7-18-6-2-3-9-22(18)23)30(29(33)28(25)32)16-21-8-5-13-34-21/h2-13,15,17,26,31H,14,16H2,1H3/t17-,26-/m1/s1. The molecule has 2 aliphatic heterocycles. The number of Topliss-reactive ketones (excluding diaryl/α,β-unsaturated/α-hetero) is 1. The van der Waals surface area contributed by atoms with Gasteiger partial charge in [0.25, 0.3) is 11.7 Å². The number of benzene rings is 3. The van der Waals surface area contributed by atoms with Gasteiger partial charge in [0.2, 0.25) is 0 Å². The number of fused-ring (bicyclic) bond motifs is 2. The number of hydrogen-bond acceptors (Lipinski definition) is 5. The first-order valence-electron chi connectivity index (χ1n) is 11.6. The quantitative estimate of drug-likeness (QED) is 0.249. The maximum Gasteiger partial charge on any atom is 0.296 e. The normalized spacial score (nSPS) is 20.9. The lowest BCUT2D eigenvalue weighted by molar-refractivity contribution is -0.140. The van der Waals surface area contributed by atoms with Gasteiger partial charge < -0.3 is 19.2 Å². The summed E-state index contributed by atoms with van der Waals surface area (Å²) in [6, 6.07) is 21.7. The zero-order valence-electron chi connectivity index (χ0n) is 19.1. The average Bonchev–Trinajstić information content (AvgIpc) is 3.57. The molecule has 6 heteroatoms. The number of furan rings is 1. The van der Waals surface area contributed by atoms with E-state index in [-0.39, 0.29) is 24.0 Å². The van der Waals surface area contributed by atoms with Gasteiger partial charge in [-0.1, -0.05) is 42.5 Å². The van der Waals surface area contributed by atoms with Gasteiger partial charge in [-0.3, -0.25) is 9.59 Å². The van der Waals surface area contributed by atoms with Gasteiger partial charge in [-0.25, -0.2) is 0 Å². The molecule has 0 radical (unpaired) electrons. The minimum absolute atomic E-state index is 0.0527. The Kier molecular flexibility index (Phi) is 4.95. The summed E-state index contributed by atoms with van der Waals surface area (Å²) in [5, 5.41) is 13.4.